The Hall–Kier alpha value is -0.0800. The number of aliphatic imine (C=N–C) groups is 1. The summed E-state index contributed by atoms with van der Waals surface area (Å²) in [5, 5.41) is 6.85. The molecule has 0 bridgehead atoms. The molecule has 0 unspecified atom stereocenters. The number of nitrogens with one attached hydrogen (secondary N) is 2. The number of hydrogen-bond donors (Lipinski definition) is 2. The van der Waals surface area contributed by atoms with Crippen LogP contribution in [0.4, 0.5) is 0 Å². The molecule has 1 rings (SSSR count). The number of unbranched alkanes of at least 4 members (excludes halogenated alkanes) is 1. The highest BCUT2D eigenvalue weighted by molar-refractivity contribution is 14.0. The van der Waals surface area contributed by atoms with Crippen LogP contribution in [0.2, 0.25) is 0 Å². The number of rotatable bonds is 12. The van der Waals surface area contributed by atoms with Crippen molar-refractivity contribution in [2.24, 2.45) is 10.9 Å². The molecule has 1 aliphatic rings. The quantitative estimate of drug-likeness (QED) is 0.194. The van der Waals surface area contributed by atoms with E-state index in [0.717, 1.165) is 51.0 Å². The van der Waals surface area contributed by atoms with Crippen molar-refractivity contribution in [3.63, 3.8) is 0 Å². The Morgan fingerprint density at radius 1 is 1.04 bits per heavy atom. The van der Waals surface area contributed by atoms with Crippen LogP contribution in [0.3, 0.4) is 0 Å². The Morgan fingerprint density at radius 3 is 2.35 bits per heavy atom. The lowest BCUT2D eigenvalue weighted by Crippen LogP contribution is -2.38. The van der Waals surface area contributed by atoms with E-state index < -0.39 is 0 Å². The first-order chi connectivity index (χ1) is 12.2. The molecule has 0 spiro atoms. The Kier molecular flexibility index (Phi) is 17.0. The van der Waals surface area contributed by atoms with E-state index in [-0.39, 0.29) is 24.0 Å². The minimum absolute atomic E-state index is 0. The number of likely N-dealkylation sites (tertiary alicyclic amines) is 1. The van der Waals surface area contributed by atoms with Gasteiger partial charge in [0, 0.05) is 19.6 Å². The fourth-order valence-corrected chi connectivity index (χ4v) is 3.32. The Labute approximate surface area is 179 Å². The SMILES string of the molecule is CCNC(=NCCCN1CCC(C)CC1)NCCCCN(CC)CC.I. The zero-order valence-corrected chi connectivity index (χ0v) is 20.1. The summed E-state index contributed by atoms with van der Waals surface area (Å²) < 4.78 is 0. The molecular formula is C20H44IN5. The van der Waals surface area contributed by atoms with Crippen LogP contribution in [0.25, 0.3) is 0 Å². The third-order valence-electron chi connectivity index (χ3n) is 5.21. The molecule has 26 heavy (non-hydrogen) atoms. The lowest BCUT2D eigenvalue weighted by Gasteiger charge is -2.29. The number of halogens is 1. The molecule has 0 aliphatic carbocycles. The smallest absolute Gasteiger partial charge is 0.191 e. The summed E-state index contributed by atoms with van der Waals surface area (Å²) in [6.45, 7) is 19.1. The van der Waals surface area contributed by atoms with E-state index in [4.69, 9.17) is 4.99 Å². The van der Waals surface area contributed by atoms with Gasteiger partial charge in [0.1, 0.15) is 0 Å². The van der Waals surface area contributed by atoms with Gasteiger partial charge in [0.25, 0.3) is 0 Å². The molecule has 1 heterocycles. The summed E-state index contributed by atoms with van der Waals surface area (Å²) in [4.78, 5) is 9.82. The van der Waals surface area contributed by atoms with Crippen molar-refractivity contribution in [1.82, 2.24) is 20.4 Å². The molecule has 156 valence electrons. The molecule has 1 saturated heterocycles. The third-order valence-corrected chi connectivity index (χ3v) is 5.21. The number of nitrogens with zero attached hydrogens (tertiary/aromatic N) is 3. The Morgan fingerprint density at radius 2 is 1.73 bits per heavy atom. The fourth-order valence-electron chi connectivity index (χ4n) is 3.32. The van der Waals surface area contributed by atoms with Crippen LogP contribution >= 0.6 is 24.0 Å². The highest BCUT2D eigenvalue weighted by Gasteiger charge is 2.14. The largest absolute Gasteiger partial charge is 0.357 e. The van der Waals surface area contributed by atoms with E-state index in [0.29, 0.717) is 0 Å². The monoisotopic (exact) mass is 481 g/mol. The first-order valence-electron chi connectivity index (χ1n) is 10.7. The second kappa shape index (κ2) is 17.0. The Balaban J connectivity index is 0.00000625. The lowest BCUT2D eigenvalue weighted by atomic mass is 9.99. The predicted octanol–water partition coefficient (Wildman–Crippen LogP) is 3.40. The summed E-state index contributed by atoms with van der Waals surface area (Å²) >= 11 is 0. The van der Waals surface area contributed by atoms with Crippen LogP contribution < -0.4 is 10.6 Å². The summed E-state index contributed by atoms with van der Waals surface area (Å²) in [5.74, 6) is 1.90. The van der Waals surface area contributed by atoms with Gasteiger partial charge in [0.2, 0.25) is 0 Å². The van der Waals surface area contributed by atoms with Crippen molar-refractivity contribution >= 4 is 29.9 Å². The molecule has 1 aliphatic heterocycles. The van der Waals surface area contributed by atoms with Crippen molar-refractivity contribution in [3.8, 4) is 0 Å². The van der Waals surface area contributed by atoms with E-state index in [1.54, 1.807) is 0 Å². The molecule has 0 saturated carbocycles. The van der Waals surface area contributed by atoms with Gasteiger partial charge in [-0.2, -0.15) is 0 Å². The van der Waals surface area contributed by atoms with Crippen LogP contribution in [-0.4, -0.2) is 74.7 Å². The van der Waals surface area contributed by atoms with E-state index in [9.17, 15) is 0 Å². The molecule has 1 fully saturated rings. The zero-order valence-electron chi connectivity index (χ0n) is 17.7. The van der Waals surface area contributed by atoms with Crippen LogP contribution in [0.15, 0.2) is 4.99 Å². The Bertz CT molecular complexity index is 339. The maximum Gasteiger partial charge on any atom is 0.191 e. The van der Waals surface area contributed by atoms with E-state index in [2.05, 4.69) is 48.1 Å². The topological polar surface area (TPSA) is 42.9 Å². The van der Waals surface area contributed by atoms with Crippen LogP contribution in [-0.2, 0) is 0 Å². The molecule has 0 radical (unpaired) electrons. The number of guanidine groups is 1. The molecule has 0 aromatic rings. The van der Waals surface area contributed by atoms with Crippen molar-refractivity contribution in [1.29, 1.82) is 0 Å². The van der Waals surface area contributed by atoms with Gasteiger partial charge < -0.3 is 20.4 Å². The lowest BCUT2D eigenvalue weighted by molar-refractivity contribution is 0.192. The molecule has 6 heteroatoms. The standard InChI is InChI=1S/C20H43N5.HI/c1-5-21-20(22-13-8-9-15-24(6-2)7-3)23-14-10-16-25-17-11-19(4)12-18-25;/h19H,5-18H2,1-4H3,(H2,21,22,23);1H. The molecule has 5 nitrogen and oxygen atoms in total. The van der Waals surface area contributed by atoms with Crippen LogP contribution in [0.1, 0.15) is 59.8 Å². The van der Waals surface area contributed by atoms with Crippen LogP contribution in [0.5, 0.6) is 0 Å². The van der Waals surface area contributed by atoms with Crippen molar-refractivity contribution < 1.29 is 0 Å². The van der Waals surface area contributed by atoms with Crippen molar-refractivity contribution in [3.05, 3.63) is 0 Å². The first-order valence-corrected chi connectivity index (χ1v) is 10.7. The summed E-state index contributed by atoms with van der Waals surface area (Å²) in [6, 6.07) is 0. The van der Waals surface area contributed by atoms with E-state index in [1.807, 2.05) is 0 Å². The first kappa shape index (κ1) is 25.9. The molecule has 0 aromatic carbocycles. The molecule has 0 aromatic heterocycles. The highest BCUT2D eigenvalue weighted by Crippen LogP contribution is 2.15. The van der Waals surface area contributed by atoms with Gasteiger partial charge in [0.05, 0.1) is 0 Å². The van der Waals surface area contributed by atoms with Gasteiger partial charge in [-0.25, -0.2) is 0 Å². The van der Waals surface area contributed by atoms with Crippen molar-refractivity contribution in [2.75, 3.05) is 58.9 Å². The second-order valence-corrected chi connectivity index (χ2v) is 7.30. The van der Waals surface area contributed by atoms with Crippen LogP contribution in [0, 0.1) is 5.92 Å². The minimum Gasteiger partial charge on any atom is -0.357 e. The maximum atomic E-state index is 4.74. The van der Waals surface area contributed by atoms with E-state index >= 15 is 0 Å². The van der Waals surface area contributed by atoms with Gasteiger partial charge in [-0.1, -0.05) is 20.8 Å². The van der Waals surface area contributed by atoms with E-state index in [1.165, 1.54) is 51.9 Å². The minimum atomic E-state index is 0. The highest BCUT2D eigenvalue weighted by atomic mass is 127. The maximum absolute atomic E-state index is 4.74. The second-order valence-electron chi connectivity index (χ2n) is 7.30. The normalized spacial score (nSPS) is 16.6. The number of piperidine rings is 1. The van der Waals surface area contributed by atoms with Gasteiger partial charge in [0.15, 0.2) is 5.96 Å². The fraction of sp³-hybridized carbons (Fsp3) is 0.950. The summed E-state index contributed by atoms with van der Waals surface area (Å²) in [5.41, 5.74) is 0. The summed E-state index contributed by atoms with van der Waals surface area (Å²) in [7, 11) is 0. The number of hydrogen-bond acceptors (Lipinski definition) is 3. The van der Waals surface area contributed by atoms with Gasteiger partial charge in [-0.15, -0.1) is 24.0 Å². The molecule has 0 amide bonds. The average Bonchev–Trinajstić information content (AvgIpc) is 2.63. The van der Waals surface area contributed by atoms with Gasteiger partial charge in [-0.3, -0.25) is 4.99 Å². The summed E-state index contributed by atoms with van der Waals surface area (Å²) in [6.07, 6.45) is 6.34. The predicted molar refractivity (Wildman–Crippen MR) is 126 cm³/mol. The van der Waals surface area contributed by atoms with Crippen molar-refractivity contribution in [2.45, 2.75) is 59.8 Å². The molecular weight excluding hydrogens is 437 g/mol. The zero-order chi connectivity index (χ0) is 18.3. The molecule has 0 atom stereocenters. The molecule has 2 N–H and O–H groups in total. The third kappa shape index (κ3) is 12.3. The average molecular weight is 482 g/mol. The van der Waals surface area contributed by atoms with Gasteiger partial charge in [-0.05, 0) is 84.2 Å². The van der Waals surface area contributed by atoms with Gasteiger partial charge >= 0.3 is 0 Å².